The van der Waals surface area contributed by atoms with Crippen molar-refractivity contribution >= 4 is 11.3 Å². The van der Waals surface area contributed by atoms with Crippen LogP contribution < -0.4 is 0 Å². The average molecular weight is 562 g/mol. The molecule has 1 unspecified atom stereocenters. The fraction of sp³-hybridized carbons (Fsp3) is 0.485. The van der Waals surface area contributed by atoms with E-state index in [2.05, 4.69) is 131 Å². The van der Waals surface area contributed by atoms with E-state index in [4.69, 9.17) is 0 Å². The van der Waals surface area contributed by atoms with Crippen molar-refractivity contribution in [2.24, 2.45) is 5.92 Å². The van der Waals surface area contributed by atoms with E-state index in [1.54, 1.807) is 19.5 Å². The summed E-state index contributed by atoms with van der Waals surface area (Å²) in [5.41, 5.74) is 9.42. The summed E-state index contributed by atoms with van der Waals surface area (Å²) < 4.78 is 4.12. The third kappa shape index (κ3) is 5.04. The Balaban J connectivity index is 1.97. The van der Waals surface area contributed by atoms with Crippen LogP contribution in [0.3, 0.4) is 0 Å². The Morgan fingerprint density at radius 3 is 1.57 bits per heavy atom. The number of fused-ring (bicyclic) bond motifs is 3. The number of benzene rings is 2. The molecule has 0 radical (unpaired) electrons. The topological polar surface area (TPSA) is 0 Å². The third-order valence-corrected chi connectivity index (χ3v) is 18.6. The Bertz CT molecular complexity index is 1200. The van der Waals surface area contributed by atoms with Crippen LogP contribution in [-0.4, -0.2) is 11.3 Å². The van der Waals surface area contributed by atoms with Gasteiger partial charge < -0.3 is 0 Å². The molecule has 0 amide bonds. The van der Waals surface area contributed by atoms with Crippen molar-refractivity contribution in [2.75, 3.05) is 0 Å². The van der Waals surface area contributed by atoms with Gasteiger partial charge in [0.2, 0.25) is 0 Å². The maximum atomic E-state index is 2.68. The van der Waals surface area contributed by atoms with Crippen LogP contribution in [-0.2, 0) is 32.1 Å². The van der Waals surface area contributed by atoms with E-state index >= 15 is 0 Å². The van der Waals surface area contributed by atoms with Gasteiger partial charge in [-0.05, 0) is 0 Å². The van der Waals surface area contributed by atoms with Crippen molar-refractivity contribution in [2.45, 2.75) is 96.4 Å². The fourth-order valence-corrected chi connectivity index (χ4v) is 16.0. The first-order valence-corrected chi connectivity index (χ1v) is 20.8. The normalized spacial score (nSPS) is 18.2. The summed E-state index contributed by atoms with van der Waals surface area (Å²) in [6.45, 7) is 28.9. The van der Waals surface area contributed by atoms with E-state index < -0.39 is 29.3 Å². The van der Waals surface area contributed by atoms with Crippen LogP contribution in [0.2, 0.25) is 19.6 Å². The molecule has 4 rings (SSSR count). The molecule has 0 saturated carbocycles. The Morgan fingerprint density at radius 1 is 0.771 bits per heavy atom. The van der Waals surface area contributed by atoms with Crippen LogP contribution >= 0.6 is 0 Å². The molecule has 0 saturated heterocycles. The molecule has 0 heterocycles. The molecule has 2 aromatic carbocycles. The second-order valence-electron chi connectivity index (χ2n) is 14.2. The van der Waals surface area contributed by atoms with Gasteiger partial charge in [0, 0.05) is 0 Å². The number of hydrogen-bond donors (Lipinski definition) is 0. The van der Waals surface area contributed by atoms with E-state index in [-0.39, 0.29) is 10.8 Å². The van der Waals surface area contributed by atoms with Crippen LogP contribution in [0.25, 0.3) is 11.1 Å². The minimum absolute atomic E-state index is 0.155. The van der Waals surface area contributed by atoms with Crippen molar-refractivity contribution in [3.05, 3.63) is 79.3 Å². The van der Waals surface area contributed by atoms with E-state index in [0.717, 1.165) is 0 Å². The van der Waals surface area contributed by atoms with Crippen molar-refractivity contribution in [1.82, 2.24) is 0 Å². The van der Waals surface area contributed by atoms with Gasteiger partial charge in [-0.1, -0.05) is 0 Å². The van der Waals surface area contributed by atoms with Crippen LogP contribution in [0.4, 0.5) is 0 Å². The molecule has 1 atom stereocenters. The molecule has 0 N–H and O–H groups in total. The zero-order chi connectivity index (χ0) is 26.1. The summed E-state index contributed by atoms with van der Waals surface area (Å²) in [5.74, 6) is 0.594. The quantitative estimate of drug-likeness (QED) is 0.327. The first-order chi connectivity index (χ1) is 16.0. The maximum absolute atomic E-state index is 2.68. The van der Waals surface area contributed by atoms with E-state index in [1.165, 1.54) is 22.3 Å². The first-order valence-electron chi connectivity index (χ1n) is 13.4. The molecule has 0 aliphatic heterocycles. The van der Waals surface area contributed by atoms with Gasteiger partial charge in [0.05, 0.1) is 0 Å². The molecule has 0 aromatic heterocycles. The Hall–Kier alpha value is -1.11. The van der Waals surface area contributed by atoms with Crippen LogP contribution in [0.15, 0.2) is 57.0 Å². The van der Waals surface area contributed by atoms with Crippen LogP contribution in [0.1, 0.15) is 88.2 Å². The number of allylic oxidation sites excluding steroid dienone is 4. The summed E-state index contributed by atoms with van der Waals surface area (Å²) in [4.78, 5) is 0. The first kappa shape index (κ1) is 26.9. The van der Waals surface area contributed by atoms with E-state index in [1.807, 2.05) is 3.28 Å². The molecule has 0 spiro atoms. The molecule has 35 heavy (non-hydrogen) atoms. The molecule has 0 fully saturated rings. The SMILES string of the molecule is C[C](C)=[Zr]([C]1=CC([Si](C)(C)C)=CC1C)[CH]1c2ccc(C(C)(C)C)cc2-c2cc(C(C)(C)C)ccc21. The Morgan fingerprint density at radius 2 is 1.23 bits per heavy atom. The van der Waals surface area contributed by atoms with E-state index in [0.29, 0.717) is 9.54 Å². The molecular weight excluding hydrogens is 516 g/mol. The number of hydrogen-bond acceptors (Lipinski definition) is 0. The summed E-state index contributed by atoms with van der Waals surface area (Å²) in [5, 5.41) is 1.67. The van der Waals surface area contributed by atoms with Crippen molar-refractivity contribution < 1.29 is 21.3 Å². The van der Waals surface area contributed by atoms with Gasteiger partial charge in [0.25, 0.3) is 0 Å². The fourth-order valence-electron chi connectivity index (χ4n) is 5.73. The van der Waals surface area contributed by atoms with Crippen LogP contribution in [0.5, 0.6) is 0 Å². The van der Waals surface area contributed by atoms with Gasteiger partial charge in [0.1, 0.15) is 0 Å². The van der Waals surface area contributed by atoms with Gasteiger partial charge in [0.15, 0.2) is 0 Å². The summed E-state index contributed by atoms with van der Waals surface area (Å²) >= 11 is -2.19. The minimum atomic E-state index is -2.19. The molecule has 2 aliphatic rings. The third-order valence-electron chi connectivity index (χ3n) is 7.99. The molecule has 0 nitrogen and oxygen atoms in total. The zero-order valence-corrected chi connectivity index (χ0v) is 27.7. The molecule has 0 bridgehead atoms. The predicted molar refractivity (Wildman–Crippen MR) is 156 cm³/mol. The average Bonchev–Trinajstić information content (AvgIpc) is 3.25. The second kappa shape index (κ2) is 9.02. The molecule has 2 aromatic rings. The van der Waals surface area contributed by atoms with Gasteiger partial charge >= 0.3 is 225 Å². The summed E-state index contributed by atoms with van der Waals surface area (Å²) in [6.07, 6.45) is 5.30. The van der Waals surface area contributed by atoms with Crippen molar-refractivity contribution in [3.63, 3.8) is 0 Å². The van der Waals surface area contributed by atoms with Crippen molar-refractivity contribution in [1.29, 1.82) is 0 Å². The molecule has 2 heteroatoms. The van der Waals surface area contributed by atoms with Crippen LogP contribution in [0, 0.1) is 5.92 Å². The van der Waals surface area contributed by atoms with Crippen molar-refractivity contribution in [3.8, 4) is 11.1 Å². The summed E-state index contributed by atoms with van der Waals surface area (Å²) in [6, 6.07) is 14.9. The Kier molecular flexibility index (Phi) is 6.94. The molecule has 186 valence electrons. The predicted octanol–water partition coefficient (Wildman–Crippen LogP) is 9.52. The van der Waals surface area contributed by atoms with E-state index in [9.17, 15) is 0 Å². The van der Waals surface area contributed by atoms with Gasteiger partial charge in [-0.15, -0.1) is 0 Å². The van der Waals surface area contributed by atoms with Gasteiger partial charge in [-0.25, -0.2) is 0 Å². The Labute approximate surface area is 224 Å². The standard InChI is InChI=1S/C21H25.C9H15Si.C3H6.Zr/c1-20(2,3)16-9-7-14-11-15-8-10-17(21(4,5)6)13-19(15)18(14)12-16;1-8-5-6-9(7-8)10(2,3)4;1-3-2;/h7-13H,1-6H3;6-8H,1-4H3;1-2H3;. The zero-order valence-electron chi connectivity index (χ0n) is 24.3. The van der Waals surface area contributed by atoms with Gasteiger partial charge in [-0.2, -0.15) is 0 Å². The number of rotatable bonds is 3. The summed E-state index contributed by atoms with van der Waals surface area (Å²) in [7, 11) is -1.32. The molecule has 2 aliphatic carbocycles. The monoisotopic (exact) mass is 560 g/mol. The second-order valence-corrected chi connectivity index (χ2v) is 26.6. The molecular formula is C33H46SiZr. The van der Waals surface area contributed by atoms with Gasteiger partial charge in [-0.3, -0.25) is 0 Å².